The predicted molar refractivity (Wildman–Crippen MR) is 72.5 cm³/mol. The highest BCUT2D eigenvalue weighted by molar-refractivity contribution is 5.45. The van der Waals surface area contributed by atoms with Crippen LogP contribution in [0.2, 0.25) is 0 Å². The Kier molecular flexibility index (Phi) is 4.30. The second-order valence-corrected chi connectivity index (χ2v) is 3.97. The molecule has 1 atom stereocenters. The maximum atomic E-state index is 5.32. The summed E-state index contributed by atoms with van der Waals surface area (Å²) < 4.78 is 10.6. The average molecular weight is 259 g/mol. The fourth-order valence-electron chi connectivity index (χ4n) is 1.99. The van der Waals surface area contributed by atoms with Crippen molar-refractivity contribution in [3.63, 3.8) is 0 Å². The molecular formula is C14H17N3O2. The van der Waals surface area contributed by atoms with Crippen molar-refractivity contribution in [3.8, 4) is 11.5 Å². The molecule has 0 fully saturated rings. The molecule has 1 unspecified atom stereocenters. The summed E-state index contributed by atoms with van der Waals surface area (Å²) in [5.74, 6) is 1.41. The van der Waals surface area contributed by atoms with Gasteiger partial charge in [0.25, 0.3) is 0 Å². The molecule has 5 heteroatoms. The molecule has 0 bridgehead atoms. The zero-order valence-electron chi connectivity index (χ0n) is 11.3. The summed E-state index contributed by atoms with van der Waals surface area (Å²) in [5, 5.41) is 3.24. The van der Waals surface area contributed by atoms with Crippen molar-refractivity contribution in [1.29, 1.82) is 0 Å². The van der Waals surface area contributed by atoms with Crippen molar-refractivity contribution in [1.82, 2.24) is 15.3 Å². The third-order valence-corrected chi connectivity index (χ3v) is 2.93. The topological polar surface area (TPSA) is 56.3 Å². The first-order valence-electron chi connectivity index (χ1n) is 5.95. The quantitative estimate of drug-likeness (QED) is 0.887. The first-order valence-corrected chi connectivity index (χ1v) is 5.95. The van der Waals surface area contributed by atoms with Gasteiger partial charge >= 0.3 is 0 Å². The summed E-state index contributed by atoms with van der Waals surface area (Å²) in [6, 6.07) is 7.70. The summed E-state index contributed by atoms with van der Waals surface area (Å²) in [6.45, 7) is 0. The van der Waals surface area contributed by atoms with Crippen LogP contribution in [0, 0.1) is 0 Å². The second-order valence-electron chi connectivity index (χ2n) is 3.97. The summed E-state index contributed by atoms with van der Waals surface area (Å²) in [5.41, 5.74) is 1.96. The molecule has 0 aliphatic heterocycles. The van der Waals surface area contributed by atoms with Crippen molar-refractivity contribution in [2.24, 2.45) is 0 Å². The molecule has 0 saturated heterocycles. The number of rotatable bonds is 5. The average Bonchev–Trinajstić information content (AvgIpc) is 2.49. The molecule has 0 saturated carbocycles. The van der Waals surface area contributed by atoms with Gasteiger partial charge in [-0.2, -0.15) is 0 Å². The van der Waals surface area contributed by atoms with Crippen LogP contribution in [0.5, 0.6) is 11.5 Å². The zero-order chi connectivity index (χ0) is 13.7. The number of benzene rings is 1. The molecule has 1 aromatic heterocycles. The van der Waals surface area contributed by atoms with Gasteiger partial charge in [0.1, 0.15) is 6.33 Å². The number of hydrogen-bond donors (Lipinski definition) is 1. The van der Waals surface area contributed by atoms with Gasteiger partial charge in [-0.25, -0.2) is 9.97 Å². The van der Waals surface area contributed by atoms with Crippen LogP contribution >= 0.6 is 0 Å². The van der Waals surface area contributed by atoms with E-state index in [1.807, 2.05) is 31.3 Å². The fraction of sp³-hybridized carbons (Fsp3) is 0.286. The van der Waals surface area contributed by atoms with Crippen molar-refractivity contribution in [3.05, 3.63) is 48.0 Å². The molecule has 19 heavy (non-hydrogen) atoms. The molecule has 1 aromatic carbocycles. The number of nitrogens with zero attached hydrogens (tertiary/aromatic N) is 2. The lowest BCUT2D eigenvalue weighted by Gasteiger charge is -2.17. The largest absolute Gasteiger partial charge is 0.493 e. The molecular weight excluding hydrogens is 242 g/mol. The maximum absolute atomic E-state index is 5.32. The first kappa shape index (κ1) is 13.3. The van der Waals surface area contributed by atoms with Gasteiger partial charge in [0.05, 0.1) is 26.0 Å². The normalized spacial score (nSPS) is 11.9. The van der Waals surface area contributed by atoms with Gasteiger partial charge in [-0.15, -0.1) is 0 Å². The van der Waals surface area contributed by atoms with Gasteiger partial charge < -0.3 is 14.8 Å². The maximum Gasteiger partial charge on any atom is 0.161 e. The van der Waals surface area contributed by atoms with Gasteiger partial charge in [0.15, 0.2) is 11.5 Å². The number of nitrogens with one attached hydrogen (secondary N) is 1. The molecule has 0 aliphatic carbocycles. The zero-order valence-corrected chi connectivity index (χ0v) is 11.3. The van der Waals surface area contributed by atoms with E-state index in [4.69, 9.17) is 9.47 Å². The molecule has 1 heterocycles. The van der Waals surface area contributed by atoms with Crippen molar-refractivity contribution >= 4 is 0 Å². The number of hydrogen-bond acceptors (Lipinski definition) is 5. The van der Waals surface area contributed by atoms with Crippen LogP contribution in [-0.4, -0.2) is 31.2 Å². The molecule has 0 radical (unpaired) electrons. The molecule has 0 aliphatic rings. The molecule has 0 amide bonds. The minimum atomic E-state index is -0.0113. The Morgan fingerprint density at radius 1 is 1.11 bits per heavy atom. The molecule has 1 N–H and O–H groups in total. The minimum Gasteiger partial charge on any atom is -0.493 e. The summed E-state index contributed by atoms with van der Waals surface area (Å²) in [7, 11) is 5.14. The highest BCUT2D eigenvalue weighted by atomic mass is 16.5. The van der Waals surface area contributed by atoms with E-state index in [-0.39, 0.29) is 6.04 Å². The van der Waals surface area contributed by atoms with Crippen molar-refractivity contribution < 1.29 is 9.47 Å². The van der Waals surface area contributed by atoms with E-state index in [9.17, 15) is 0 Å². The van der Waals surface area contributed by atoms with E-state index < -0.39 is 0 Å². The Hall–Kier alpha value is -2.14. The van der Waals surface area contributed by atoms with E-state index in [1.165, 1.54) is 0 Å². The Labute approximate surface area is 112 Å². The van der Waals surface area contributed by atoms with Crippen molar-refractivity contribution in [2.75, 3.05) is 21.3 Å². The van der Waals surface area contributed by atoms with E-state index >= 15 is 0 Å². The molecule has 5 nitrogen and oxygen atoms in total. The van der Waals surface area contributed by atoms with Gasteiger partial charge in [0, 0.05) is 6.20 Å². The number of methoxy groups -OCH3 is 2. The molecule has 100 valence electrons. The second kappa shape index (κ2) is 6.15. The number of aromatic nitrogens is 2. The van der Waals surface area contributed by atoms with Crippen LogP contribution in [0.15, 0.2) is 36.8 Å². The lowest BCUT2D eigenvalue weighted by Crippen LogP contribution is -2.19. The van der Waals surface area contributed by atoms with Gasteiger partial charge in [-0.3, -0.25) is 0 Å². The Balaban J connectivity index is 2.39. The first-order chi connectivity index (χ1) is 9.30. The van der Waals surface area contributed by atoms with E-state index in [0.29, 0.717) is 11.5 Å². The van der Waals surface area contributed by atoms with Gasteiger partial charge in [0.2, 0.25) is 0 Å². The molecule has 2 rings (SSSR count). The van der Waals surface area contributed by atoms with Gasteiger partial charge in [-0.1, -0.05) is 6.07 Å². The van der Waals surface area contributed by atoms with Crippen LogP contribution in [0.25, 0.3) is 0 Å². The predicted octanol–water partition coefficient (Wildman–Crippen LogP) is 1.80. The third kappa shape index (κ3) is 2.82. The number of ether oxygens (including phenoxy) is 2. The highest BCUT2D eigenvalue weighted by Gasteiger charge is 2.15. The summed E-state index contributed by atoms with van der Waals surface area (Å²) in [4.78, 5) is 8.21. The minimum absolute atomic E-state index is 0.0113. The fourth-order valence-corrected chi connectivity index (χ4v) is 1.99. The van der Waals surface area contributed by atoms with Crippen LogP contribution in [0.1, 0.15) is 17.3 Å². The SMILES string of the molecule is CNC(c1ccc(OC)c(OC)c1)c1ccncn1. The lowest BCUT2D eigenvalue weighted by atomic mass is 10.0. The standard InChI is InChI=1S/C14H17N3O2/c1-15-14(11-6-7-16-9-17-11)10-4-5-12(18-2)13(8-10)19-3/h4-9,14-15H,1-3H3. The molecule has 2 aromatic rings. The van der Waals surface area contributed by atoms with Crippen LogP contribution in [-0.2, 0) is 0 Å². The van der Waals surface area contributed by atoms with Gasteiger partial charge in [-0.05, 0) is 30.8 Å². The van der Waals surface area contributed by atoms with Crippen LogP contribution in [0.3, 0.4) is 0 Å². The van der Waals surface area contributed by atoms with Crippen LogP contribution in [0.4, 0.5) is 0 Å². The highest BCUT2D eigenvalue weighted by Crippen LogP contribution is 2.31. The molecule has 0 spiro atoms. The third-order valence-electron chi connectivity index (χ3n) is 2.93. The summed E-state index contributed by atoms with van der Waals surface area (Å²) in [6.07, 6.45) is 3.27. The summed E-state index contributed by atoms with van der Waals surface area (Å²) >= 11 is 0. The Bertz CT molecular complexity index is 531. The Morgan fingerprint density at radius 3 is 2.47 bits per heavy atom. The van der Waals surface area contributed by atoms with Crippen molar-refractivity contribution in [2.45, 2.75) is 6.04 Å². The Morgan fingerprint density at radius 2 is 1.89 bits per heavy atom. The van der Waals surface area contributed by atoms with E-state index in [2.05, 4.69) is 15.3 Å². The van der Waals surface area contributed by atoms with E-state index in [0.717, 1.165) is 11.3 Å². The monoisotopic (exact) mass is 259 g/mol. The lowest BCUT2D eigenvalue weighted by molar-refractivity contribution is 0.354. The smallest absolute Gasteiger partial charge is 0.161 e. The van der Waals surface area contributed by atoms with E-state index in [1.54, 1.807) is 26.7 Å². The van der Waals surface area contributed by atoms with Crippen LogP contribution < -0.4 is 14.8 Å².